The third-order valence-corrected chi connectivity index (χ3v) is 4.01. The number of nitrogens with zero attached hydrogens (tertiary/aromatic N) is 4. The molecule has 1 aromatic heterocycles. The fourth-order valence-electron chi connectivity index (χ4n) is 2.44. The van der Waals surface area contributed by atoms with Crippen LogP contribution < -0.4 is 10.1 Å². The number of rotatable bonds is 8. The molecule has 0 spiro atoms. The molecule has 1 N–H and O–H groups in total. The van der Waals surface area contributed by atoms with Gasteiger partial charge in [0.05, 0.1) is 18.7 Å². The molecule has 0 saturated carbocycles. The van der Waals surface area contributed by atoms with Gasteiger partial charge in [-0.15, -0.1) is 0 Å². The highest BCUT2D eigenvalue weighted by Crippen LogP contribution is 2.10. The van der Waals surface area contributed by atoms with Gasteiger partial charge in [-0.25, -0.2) is 9.78 Å². The lowest BCUT2D eigenvalue weighted by Crippen LogP contribution is -2.42. The van der Waals surface area contributed by atoms with Crippen molar-refractivity contribution in [3.05, 3.63) is 59.3 Å². The van der Waals surface area contributed by atoms with Crippen LogP contribution in [0.4, 0.5) is 4.79 Å². The summed E-state index contributed by atoms with van der Waals surface area (Å²) in [5.41, 5.74) is 2.50. The highest BCUT2D eigenvalue weighted by molar-refractivity contribution is 5.74. The van der Waals surface area contributed by atoms with Gasteiger partial charge in [0.2, 0.25) is 5.88 Å². The Labute approximate surface area is 160 Å². The number of ether oxygens (including phenoxy) is 1. The molecule has 0 bridgehead atoms. The van der Waals surface area contributed by atoms with Gasteiger partial charge in [-0.05, 0) is 43.4 Å². The third-order valence-electron chi connectivity index (χ3n) is 4.01. The Hall–Kier alpha value is -3.11. The molecule has 27 heavy (non-hydrogen) atoms. The summed E-state index contributed by atoms with van der Waals surface area (Å²) in [7, 11) is 5.51. The molecule has 2 aromatic rings. The van der Waals surface area contributed by atoms with Crippen LogP contribution in [0.2, 0.25) is 0 Å². The Kier molecular flexibility index (Phi) is 7.59. The van der Waals surface area contributed by atoms with Gasteiger partial charge >= 0.3 is 6.03 Å². The number of nitriles is 1. The molecular formula is C20H25N5O2. The highest BCUT2D eigenvalue weighted by Gasteiger charge is 2.14. The first-order valence-corrected chi connectivity index (χ1v) is 8.67. The normalized spacial score (nSPS) is 10.3. The van der Waals surface area contributed by atoms with Crippen molar-refractivity contribution in [3.8, 4) is 11.9 Å². The van der Waals surface area contributed by atoms with Crippen LogP contribution in [0.1, 0.15) is 16.7 Å². The van der Waals surface area contributed by atoms with Crippen molar-refractivity contribution < 1.29 is 9.53 Å². The largest absolute Gasteiger partial charge is 0.481 e. The van der Waals surface area contributed by atoms with Crippen LogP contribution in [-0.2, 0) is 13.1 Å². The zero-order chi connectivity index (χ0) is 19.6. The molecule has 0 saturated heterocycles. The van der Waals surface area contributed by atoms with Gasteiger partial charge in [0.1, 0.15) is 0 Å². The van der Waals surface area contributed by atoms with Gasteiger partial charge in [-0.3, -0.25) is 0 Å². The number of methoxy groups -OCH3 is 1. The van der Waals surface area contributed by atoms with Crippen molar-refractivity contribution in [2.75, 3.05) is 34.3 Å². The van der Waals surface area contributed by atoms with Crippen molar-refractivity contribution in [2.45, 2.75) is 13.1 Å². The summed E-state index contributed by atoms with van der Waals surface area (Å²) in [4.78, 5) is 20.6. The van der Waals surface area contributed by atoms with Gasteiger partial charge < -0.3 is 19.9 Å². The minimum absolute atomic E-state index is 0.142. The minimum Gasteiger partial charge on any atom is -0.481 e. The average Bonchev–Trinajstić information content (AvgIpc) is 2.69. The van der Waals surface area contributed by atoms with E-state index in [2.05, 4.69) is 16.4 Å². The van der Waals surface area contributed by atoms with E-state index in [4.69, 9.17) is 10.00 Å². The fourth-order valence-corrected chi connectivity index (χ4v) is 2.44. The number of hydrogen-bond acceptors (Lipinski definition) is 5. The van der Waals surface area contributed by atoms with Gasteiger partial charge in [0.25, 0.3) is 0 Å². The number of likely N-dealkylation sites (N-methyl/N-ethyl adjacent to an activating group) is 1. The Morgan fingerprint density at radius 3 is 2.56 bits per heavy atom. The molecule has 2 rings (SSSR count). The van der Waals surface area contributed by atoms with E-state index in [1.165, 1.54) is 0 Å². The molecule has 1 aromatic carbocycles. The van der Waals surface area contributed by atoms with E-state index < -0.39 is 0 Å². The van der Waals surface area contributed by atoms with E-state index in [0.29, 0.717) is 31.1 Å². The number of carbonyl (C=O) groups is 1. The second-order valence-corrected chi connectivity index (χ2v) is 6.40. The van der Waals surface area contributed by atoms with Crippen LogP contribution in [0.3, 0.4) is 0 Å². The van der Waals surface area contributed by atoms with Crippen LogP contribution in [0.25, 0.3) is 0 Å². The first-order valence-electron chi connectivity index (χ1n) is 8.67. The summed E-state index contributed by atoms with van der Waals surface area (Å²) >= 11 is 0. The molecule has 0 atom stereocenters. The highest BCUT2D eigenvalue weighted by atomic mass is 16.5. The molecule has 0 aliphatic carbocycles. The van der Waals surface area contributed by atoms with Crippen molar-refractivity contribution >= 4 is 6.03 Å². The standard InChI is InChI=1S/C20H25N5O2/c1-24(2)10-11-25(15-17-6-4-16(13-21)5-7-17)20(26)23-14-18-8-9-22-19(12-18)27-3/h4-9,12H,10-11,14-15H2,1-3H3,(H,23,26). The number of pyridine rings is 1. The second-order valence-electron chi connectivity index (χ2n) is 6.40. The maximum atomic E-state index is 12.7. The third kappa shape index (κ3) is 6.60. The molecule has 1 heterocycles. The smallest absolute Gasteiger partial charge is 0.318 e. The number of amides is 2. The van der Waals surface area contributed by atoms with Crippen molar-refractivity contribution in [1.29, 1.82) is 5.26 Å². The lowest BCUT2D eigenvalue weighted by molar-refractivity contribution is 0.188. The van der Waals surface area contributed by atoms with Gasteiger partial charge in [-0.2, -0.15) is 5.26 Å². The van der Waals surface area contributed by atoms with Crippen LogP contribution in [0, 0.1) is 11.3 Å². The summed E-state index contributed by atoms with van der Waals surface area (Å²) in [5, 5.41) is 11.9. The second kappa shape index (κ2) is 10.1. The first kappa shape index (κ1) is 20.2. The lowest BCUT2D eigenvalue weighted by atomic mass is 10.1. The fraction of sp³-hybridized carbons (Fsp3) is 0.350. The molecule has 7 heteroatoms. The van der Waals surface area contributed by atoms with Gasteiger partial charge in [0.15, 0.2) is 0 Å². The molecule has 0 fully saturated rings. The topological polar surface area (TPSA) is 81.5 Å². The maximum absolute atomic E-state index is 12.7. The summed E-state index contributed by atoms with van der Waals surface area (Å²) < 4.78 is 5.11. The molecule has 0 unspecified atom stereocenters. The Bertz CT molecular complexity index is 784. The predicted molar refractivity (Wildman–Crippen MR) is 103 cm³/mol. The molecule has 0 aliphatic heterocycles. The number of nitrogens with one attached hydrogen (secondary N) is 1. The molecule has 0 radical (unpaired) electrons. The van der Waals surface area contributed by atoms with Crippen LogP contribution in [-0.4, -0.2) is 55.1 Å². The van der Waals surface area contributed by atoms with Gasteiger partial charge in [0, 0.05) is 38.4 Å². The van der Waals surface area contributed by atoms with Crippen molar-refractivity contribution in [1.82, 2.24) is 20.1 Å². The summed E-state index contributed by atoms with van der Waals surface area (Å²) in [6.07, 6.45) is 1.65. The SMILES string of the molecule is COc1cc(CNC(=O)N(CCN(C)C)Cc2ccc(C#N)cc2)ccn1. The van der Waals surface area contributed by atoms with Gasteiger partial charge in [-0.1, -0.05) is 12.1 Å². The van der Waals surface area contributed by atoms with Crippen molar-refractivity contribution in [2.24, 2.45) is 0 Å². The Balaban J connectivity index is 2.02. The lowest BCUT2D eigenvalue weighted by Gasteiger charge is -2.25. The summed E-state index contributed by atoms with van der Waals surface area (Å²) in [5.74, 6) is 0.517. The minimum atomic E-state index is -0.142. The van der Waals surface area contributed by atoms with Crippen LogP contribution in [0.5, 0.6) is 5.88 Å². The molecule has 2 amide bonds. The molecule has 142 valence electrons. The van der Waals surface area contributed by atoms with E-state index >= 15 is 0 Å². The Morgan fingerprint density at radius 1 is 1.19 bits per heavy atom. The van der Waals surface area contributed by atoms with Crippen molar-refractivity contribution in [3.63, 3.8) is 0 Å². The number of hydrogen-bond donors (Lipinski definition) is 1. The number of benzene rings is 1. The average molecular weight is 367 g/mol. The van der Waals surface area contributed by atoms with E-state index in [9.17, 15) is 4.79 Å². The zero-order valence-electron chi connectivity index (χ0n) is 16.0. The van der Waals surface area contributed by atoms with Crippen LogP contribution >= 0.6 is 0 Å². The van der Waals surface area contributed by atoms with E-state index in [1.807, 2.05) is 37.2 Å². The maximum Gasteiger partial charge on any atom is 0.318 e. The van der Waals surface area contributed by atoms with E-state index in [0.717, 1.165) is 17.7 Å². The monoisotopic (exact) mass is 367 g/mol. The number of aromatic nitrogens is 1. The molecular weight excluding hydrogens is 342 g/mol. The zero-order valence-corrected chi connectivity index (χ0v) is 16.0. The van der Waals surface area contributed by atoms with E-state index in [-0.39, 0.29) is 6.03 Å². The van der Waals surface area contributed by atoms with E-state index in [1.54, 1.807) is 36.4 Å². The Morgan fingerprint density at radius 2 is 1.93 bits per heavy atom. The number of carbonyl (C=O) groups excluding carboxylic acids is 1. The summed E-state index contributed by atoms with van der Waals surface area (Å²) in [6, 6.07) is 12.9. The molecule has 0 aliphatic rings. The number of urea groups is 1. The first-order chi connectivity index (χ1) is 13.0. The molecule has 7 nitrogen and oxygen atoms in total. The summed E-state index contributed by atoms with van der Waals surface area (Å²) in [6.45, 7) is 2.22. The predicted octanol–water partition coefficient (Wildman–Crippen LogP) is 2.24. The van der Waals surface area contributed by atoms with Crippen LogP contribution in [0.15, 0.2) is 42.6 Å². The quantitative estimate of drug-likeness (QED) is 0.774.